The molecule has 3 nitrogen and oxygen atoms in total. The van der Waals surface area contributed by atoms with Crippen molar-refractivity contribution in [2.24, 2.45) is 0 Å². The first-order valence-corrected chi connectivity index (χ1v) is 5.58. The lowest BCUT2D eigenvalue weighted by atomic mass is 10.2. The predicted molar refractivity (Wildman–Crippen MR) is 64.1 cm³/mol. The van der Waals surface area contributed by atoms with Crippen LogP contribution in [0, 0.1) is 0 Å². The van der Waals surface area contributed by atoms with Crippen molar-refractivity contribution in [3.05, 3.63) is 42.2 Å². The van der Waals surface area contributed by atoms with Crippen molar-refractivity contribution >= 4 is 37.5 Å². The minimum atomic E-state index is -0.987. The zero-order valence-corrected chi connectivity index (χ0v) is 8.99. The second-order valence-electron chi connectivity index (χ2n) is 3.47. The third-order valence-corrected chi connectivity index (χ3v) is 3.62. The molecule has 0 aliphatic heterocycles. The number of nitrogens with zero attached hydrogens (tertiary/aromatic N) is 1. The van der Waals surface area contributed by atoms with Gasteiger partial charge in [-0.2, -0.15) is 0 Å². The lowest BCUT2D eigenvalue weighted by molar-refractivity contribution is 0.0691. The molecule has 1 N–H and O–H groups in total. The van der Waals surface area contributed by atoms with Crippen molar-refractivity contribution in [2.75, 3.05) is 0 Å². The van der Waals surface area contributed by atoms with E-state index in [1.807, 2.05) is 24.3 Å². The molecule has 0 saturated heterocycles. The molecule has 2 heterocycles. The fourth-order valence-corrected chi connectivity index (χ4v) is 2.85. The molecular formula is C12H7NO2S. The molecule has 4 heteroatoms. The van der Waals surface area contributed by atoms with Gasteiger partial charge >= 0.3 is 5.97 Å². The van der Waals surface area contributed by atoms with Gasteiger partial charge < -0.3 is 5.11 Å². The smallest absolute Gasteiger partial charge is 0.354 e. The SMILES string of the molecule is O=C(O)c1cc2sc3ccccc3c2cn1. The summed E-state index contributed by atoms with van der Waals surface area (Å²) in [5.74, 6) is -0.987. The molecule has 16 heavy (non-hydrogen) atoms. The minimum Gasteiger partial charge on any atom is -0.477 e. The molecule has 78 valence electrons. The van der Waals surface area contributed by atoms with Gasteiger partial charge in [0.25, 0.3) is 0 Å². The number of hydrogen-bond donors (Lipinski definition) is 1. The van der Waals surface area contributed by atoms with Crippen LogP contribution in [0.25, 0.3) is 20.2 Å². The molecule has 3 aromatic rings. The maximum Gasteiger partial charge on any atom is 0.354 e. The molecule has 3 rings (SSSR count). The van der Waals surface area contributed by atoms with Crippen LogP contribution in [-0.4, -0.2) is 16.1 Å². The van der Waals surface area contributed by atoms with E-state index in [4.69, 9.17) is 5.11 Å². The van der Waals surface area contributed by atoms with E-state index in [2.05, 4.69) is 4.98 Å². The summed E-state index contributed by atoms with van der Waals surface area (Å²) >= 11 is 1.59. The second kappa shape index (κ2) is 3.28. The number of aromatic carboxylic acids is 1. The van der Waals surface area contributed by atoms with Gasteiger partial charge in [-0.15, -0.1) is 11.3 Å². The maximum atomic E-state index is 10.8. The molecule has 0 amide bonds. The Labute approximate surface area is 95.0 Å². The van der Waals surface area contributed by atoms with Crippen molar-refractivity contribution in [2.45, 2.75) is 0 Å². The van der Waals surface area contributed by atoms with Crippen LogP contribution in [0.15, 0.2) is 36.5 Å². The fraction of sp³-hybridized carbons (Fsp3) is 0. The molecule has 0 fully saturated rings. The van der Waals surface area contributed by atoms with Gasteiger partial charge in [0.1, 0.15) is 5.69 Å². The molecule has 2 aromatic heterocycles. The van der Waals surface area contributed by atoms with E-state index in [0.717, 1.165) is 20.2 Å². The summed E-state index contributed by atoms with van der Waals surface area (Å²) in [6.07, 6.45) is 1.64. The highest BCUT2D eigenvalue weighted by Gasteiger charge is 2.09. The molecule has 0 aliphatic carbocycles. The van der Waals surface area contributed by atoms with E-state index in [9.17, 15) is 4.79 Å². The van der Waals surface area contributed by atoms with Crippen molar-refractivity contribution in [3.8, 4) is 0 Å². The molecule has 0 atom stereocenters. The number of carboxylic acids is 1. The number of pyridine rings is 1. The van der Waals surface area contributed by atoms with Crippen LogP contribution in [0.3, 0.4) is 0 Å². The molecule has 0 bridgehead atoms. The Hall–Kier alpha value is -1.94. The summed E-state index contributed by atoms with van der Waals surface area (Å²) in [6, 6.07) is 9.63. The monoisotopic (exact) mass is 229 g/mol. The number of hydrogen-bond acceptors (Lipinski definition) is 3. The van der Waals surface area contributed by atoms with Gasteiger partial charge in [-0.25, -0.2) is 9.78 Å². The lowest BCUT2D eigenvalue weighted by Crippen LogP contribution is -1.98. The summed E-state index contributed by atoms with van der Waals surface area (Å²) in [5, 5.41) is 11.0. The Kier molecular flexibility index (Phi) is 1.91. The van der Waals surface area contributed by atoms with Gasteiger partial charge in [-0.05, 0) is 12.1 Å². The summed E-state index contributed by atoms with van der Waals surface area (Å²) in [5.41, 5.74) is 0.0963. The van der Waals surface area contributed by atoms with Gasteiger partial charge in [-0.1, -0.05) is 18.2 Å². The van der Waals surface area contributed by atoms with Gasteiger partial charge in [0.05, 0.1) is 0 Å². The number of aromatic nitrogens is 1. The van der Waals surface area contributed by atoms with Crippen molar-refractivity contribution in [1.29, 1.82) is 0 Å². The van der Waals surface area contributed by atoms with Crippen molar-refractivity contribution < 1.29 is 9.90 Å². The van der Waals surface area contributed by atoms with Gasteiger partial charge in [-0.3, -0.25) is 0 Å². The molecule has 0 saturated carbocycles. The zero-order chi connectivity index (χ0) is 11.1. The molecule has 0 unspecified atom stereocenters. The first-order chi connectivity index (χ1) is 7.75. The number of fused-ring (bicyclic) bond motifs is 3. The lowest BCUT2D eigenvalue weighted by Gasteiger charge is -1.93. The van der Waals surface area contributed by atoms with E-state index in [0.29, 0.717) is 0 Å². The molecular weight excluding hydrogens is 222 g/mol. The summed E-state index contributed by atoms with van der Waals surface area (Å²) < 4.78 is 2.12. The number of rotatable bonds is 1. The van der Waals surface area contributed by atoms with E-state index in [-0.39, 0.29) is 5.69 Å². The Morgan fingerprint density at radius 3 is 2.81 bits per heavy atom. The van der Waals surface area contributed by atoms with E-state index in [1.54, 1.807) is 23.6 Å². The molecule has 0 aliphatic rings. The second-order valence-corrected chi connectivity index (χ2v) is 4.55. The highest BCUT2D eigenvalue weighted by molar-refractivity contribution is 7.25. The molecule has 0 spiro atoms. The quantitative estimate of drug-likeness (QED) is 0.697. The van der Waals surface area contributed by atoms with Gasteiger partial charge in [0.15, 0.2) is 0 Å². The topological polar surface area (TPSA) is 50.2 Å². The van der Waals surface area contributed by atoms with Gasteiger partial charge in [0.2, 0.25) is 0 Å². The zero-order valence-electron chi connectivity index (χ0n) is 8.18. The van der Waals surface area contributed by atoms with E-state index in [1.165, 1.54) is 0 Å². The Morgan fingerprint density at radius 2 is 2.00 bits per heavy atom. The highest BCUT2D eigenvalue weighted by Crippen LogP contribution is 2.33. The van der Waals surface area contributed by atoms with E-state index >= 15 is 0 Å². The number of carbonyl (C=O) groups is 1. The van der Waals surface area contributed by atoms with Crippen molar-refractivity contribution in [3.63, 3.8) is 0 Å². The van der Waals surface area contributed by atoms with Gasteiger partial charge in [0, 0.05) is 26.4 Å². The van der Waals surface area contributed by atoms with Crippen LogP contribution >= 0.6 is 11.3 Å². The largest absolute Gasteiger partial charge is 0.477 e. The maximum absolute atomic E-state index is 10.8. The van der Waals surface area contributed by atoms with Crippen LogP contribution in [0.5, 0.6) is 0 Å². The van der Waals surface area contributed by atoms with Crippen LogP contribution < -0.4 is 0 Å². The average molecular weight is 229 g/mol. The average Bonchev–Trinajstić information content (AvgIpc) is 2.66. The normalized spacial score (nSPS) is 11.0. The fourth-order valence-electron chi connectivity index (χ4n) is 1.74. The first kappa shape index (κ1) is 9.30. The van der Waals surface area contributed by atoms with E-state index < -0.39 is 5.97 Å². The number of benzene rings is 1. The third-order valence-electron chi connectivity index (χ3n) is 2.48. The standard InChI is InChI=1S/C12H7NO2S/c14-12(15)9-5-11-8(6-13-9)7-3-1-2-4-10(7)16-11/h1-6H,(H,14,15). The molecule has 0 radical (unpaired) electrons. The summed E-state index contributed by atoms with van der Waals surface area (Å²) in [7, 11) is 0. The Balaban J connectivity index is 2.41. The number of carboxylic acid groups (broad SMARTS) is 1. The first-order valence-electron chi connectivity index (χ1n) is 4.76. The van der Waals surface area contributed by atoms with Crippen LogP contribution in [-0.2, 0) is 0 Å². The highest BCUT2D eigenvalue weighted by atomic mass is 32.1. The molecule has 1 aromatic carbocycles. The van der Waals surface area contributed by atoms with Crippen LogP contribution in [0.2, 0.25) is 0 Å². The minimum absolute atomic E-state index is 0.0963. The van der Waals surface area contributed by atoms with Crippen LogP contribution in [0.4, 0.5) is 0 Å². The van der Waals surface area contributed by atoms with Crippen LogP contribution in [0.1, 0.15) is 10.5 Å². The summed E-state index contributed by atoms with van der Waals surface area (Å²) in [4.78, 5) is 14.7. The predicted octanol–water partition coefficient (Wildman–Crippen LogP) is 3.15. The van der Waals surface area contributed by atoms with Crippen molar-refractivity contribution in [1.82, 2.24) is 4.98 Å². The number of thiophene rings is 1. The Bertz CT molecular complexity index is 702. The Morgan fingerprint density at radius 1 is 1.19 bits per heavy atom. The third kappa shape index (κ3) is 1.27. The summed E-state index contributed by atoms with van der Waals surface area (Å²) in [6.45, 7) is 0.